The van der Waals surface area contributed by atoms with Crippen molar-refractivity contribution in [3.63, 3.8) is 0 Å². The summed E-state index contributed by atoms with van der Waals surface area (Å²) >= 11 is 0. The zero-order chi connectivity index (χ0) is 13.6. The van der Waals surface area contributed by atoms with Gasteiger partial charge in [0.2, 0.25) is 0 Å². The topological polar surface area (TPSA) is 38.7 Å². The maximum Gasteiger partial charge on any atom is 0.157 e. The minimum Gasteiger partial charge on any atom is -0.395 e. The average Bonchev–Trinajstić information content (AvgIpc) is 2.46. The minimum atomic E-state index is 0.0293. The molecule has 1 heterocycles. The third kappa shape index (κ3) is 9.56. The highest BCUT2D eigenvalue weighted by Gasteiger charge is 2.12. The lowest BCUT2D eigenvalue weighted by Crippen LogP contribution is -2.22. The van der Waals surface area contributed by atoms with E-state index >= 15 is 0 Å². The molecule has 0 bridgehead atoms. The summed E-state index contributed by atoms with van der Waals surface area (Å²) in [6, 6.07) is 0. The SMILES string of the molecule is OCCC#CCC#CCCCCOC1CCCCO1. The summed E-state index contributed by atoms with van der Waals surface area (Å²) in [5.41, 5.74) is 0. The van der Waals surface area contributed by atoms with E-state index in [0.29, 0.717) is 12.8 Å². The van der Waals surface area contributed by atoms with Gasteiger partial charge in [0, 0.05) is 26.1 Å². The van der Waals surface area contributed by atoms with E-state index in [2.05, 4.69) is 23.7 Å². The molecular formula is C16H24O3. The van der Waals surface area contributed by atoms with Crippen LogP contribution in [0.3, 0.4) is 0 Å². The fraction of sp³-hybridized carbons (Fsp3) is 0.750. The van der Waals surface area contributed by atoms with Crippen LogP contribution in [0.15, 0.2) is 0 Å². The van der Waals surface area contributed by atoms with E-state index in [9.17, 15) is 0 Å². The van der Waals surface area contributed by atoms with Gasteiger partial charge in [-0.15, -0.1) is 5.92 Å². The van der Waals surface area contributed by atoms with Crippen molar-refractivity contribution in [1.82, 2.24) is 0 Å². The lowest BCUT2D eigenvalue weighted by molar-refractivity contribution is -0.162. The van der Waals surface area contributed by atoms with Crippen molar-refractivity contribution in [2.45, 2.75) is 57.7 Å². The van der Waals surface area contributed by atoms with Gasteiger partial charge in [0.25, 0.3) is 0 Å². The number of ether oxygens (including phenoxy) is 2. The Hall–Kier alpha value is -1.00. The van der Waals surface area contributed by atoms with Crippen molar-refractivity contribution in [2.75, 3.05) is 19.8 Å². The predicted octanol–water partition coefficient (Wildman–Crippen LogP) is 2.48. The molecule has 0 aromatic rings. The molecule has 1 aliphatic heterocycles. The van der Waals surface area contributed by atoms with Crippen molar-refractivity contribution >= 4 is 0 Å². The van der Waals surface area contributed by atoms with Crippen LogP contribution in [0.5, 0.6) is 0 Å². The Labute approximate surface area is 116 Å². The van der Waals surface area contributed by atoms with Gasteiger partial charge in [-0.2, -0.15) is 0 Å². The van der Waals surface area contributed by atoms with Crippen LogP contribution in [0.2, 0.25) is 0 Å². The van der Waals surface area contributed by atoms with Gasteiger partial charge in [0.1, 0.15) is 0 Å². The van der Waals surface area contributed by atoms with E-state index < -0.39 is 0 Å². The molecule has 0 radical (unpaired) electrons. The molecule has 1 fully saturated rings. The van der Waals surface area contributed by atoms with E-state index in [0.717, 1.165) is 45.3 Å². The van der Waals surface area contributed by atoms with Gasteiger partial charge in [0.05, 0.1) is 13.0 Å². The maximum absolute atomic E-state index is 8.52. The fourth-order valence-electron chi connectivity index (χ4n) is 1.77. The minimum absolute atomic E-state index is 0.0293. The maximum atomic E-state index is 8.52. The number of rotatable bonds is 6. The molecule has 1 unspecified atom stereocenters. The molecule has 106 valence electrons. The van der Waals surface area contributed by atoms with Crippen LogP contribution in [0.4, 0.5) is 0 Å². The average molecular weight is 264 g/mol. The van der Waals surface area contributed by atoms with Gasteiger partial charge in [-0.25, -0.2) is 0 Å². The molecule has 1 N–H and O–H groups in total. The largest absolute Gasteiger partial charge is 0.395 e. The van der Waals surface area contributed by atoms with Gasteiger partial charge in [-0.3, -0.25) is 0 Å². The van der Waals surface area contributed by atoms with Crippen molar-refractivity contribution in [1.29, 1.82) is 0 Å². The summed E-state index contributed by atoms with van der Waals surface area (Å²) in [7, 11) is 0. The molecule has 1 aliphatic rings. The Morgan fingerprint density at radius 2 is 1.89 bits per heavy atom. The molecule has 1 atom stereocenters. The number of unbranched alkanes of at least 4 members (excludes halogenated alkanes) is 2. The van der Waals surface area contributed by atoms with E-state index in [4.69, 9.17) is 14.6 Å². The summed E-state index contributed by atoms with van der Waals surface area (Å²) in [4.78, 5) is 0. The van der Waals surface area contributed by atoms with Crippen LogP contribution in [0, 0.1) is 23.7 Å². The van der Waals surface area contributed by atoms with Crippen LogP contribution >= 0.6 is 0 Å². The highest BCUT2D eigenvalue weighted by Crippen LogP contribution is 2.13. The molecule has 0 saturated carbocycles. The summed E-state index contributed by atoms with van der Waals surface area (Å²) < 4.78 is 11.1. The molecular weight excluding hydrogens is 240 g/mol. The summed E-state index contributed by atoms with van der Waals surface area (Å²) in [6.07, 6.45) is 7.58. The van der Waals surface area contributed by atoms with Crippen molar-refractivity contribution in [3.8, 4) is 23.7 Å². The van der Waals surface area contributed by atoms with Crippen LogP contribution < -0.4 is 0 Å². The van der Waals surface area contributed by atoms with E-state index in [1.807, 2.05) is 0 Å². The molecule has 0 aliphatic carbocycles. The molecule has 0 spiro atoms. The van der Waals surface area contributed by atoms with Crippen molar-refractivity contribution in [3.05, 3.63) is 0 Å². The Kier molecular flexibility index (Phi) is 10.2. The van der Waals surface area contributed by atoms with Gasteiger partial charge < -0.3 is 14.6 Å². The van der Waals surface area contributed by atoms with Crippen molar-refractivity contribution < 1.29 is 14.6 Å². The van der Waals surface area contributed by atoms with Gasteiger partial charge >= 0.3 is 0 Å². The van der Waals surface area contributed by atoms with Gasteiger partial charge in [0.15, 0.2) is 6.29 Å². The number of hydrogen-bond acceptors (Lipinski definition) is 3. The van der Waals surface area contributed by atoms with E-state index in [1.165, 1.54) is 6.42 Å². The Bertz CT molecular complexity index is 323. The Morgan fingerprint density at radius 3 is 2.63 bits per heavy atom. The second-order valence-electron chi connectivity index (χ2n) is 4.48. The van der Waals surface area contributed by atoms with Crippen molar-refractivity contribution in [2.24, 2.45) is 0 Å². The zero-order valence-corrected chi connectivity index (χ0v) is 11.6. The van der Waals surface area contributed by atoms with E-state index in [-0.39, 0.29) is 12.9 Å². The third-order valence-corrected chi connectivity index (χ3v) is 2.80. The third-order valence-electron chi connectivity index (χ3n) is 2.80. The number of aliphatic hydroxyl groups excluding tert-OH is 1. The zero-order valence-electron chi connectivity index (χ0n) is 11.6. The fourth-order valence-corrected chi connectivity index (χ4v) is 1.77. The second kappa shape index (κ2) is 12.1. The van der Waals surface area contributed by atoms with Crippen LogP contribution in [0.25, 0.3) is 0 Å². The molecule has 0 amide bonds. The molecule has 1 saturated heterocycles. The molecule has 1 rings (SSSR count). The Balaban J connectivity index is 1.88. The standard InChI is InChI=1S/C16H24O3/c17-13-9-6-4-2-1-3-5-7-10-14-18-16-12-8-11-15-19-16/h16-17H,2,5,7-15H2. The van der Waals surface area contributed by atoms with Gasteiger partial charge in [-0.05, 0) is 32.1 Å². The molecule has 3 heteroatoms. The first-order valence-corrected chi connectivity index (χ1v) is 7.19. The summed E-state index contributed by atoms with van der Waals surface area (Å²) in [5, 5.41) is 8.52. The van der Waals surface area contributed by atoms with Gasteiger partial charge in [-0.1, -0.05) is 17.8 Å². The first-order valence-electron chi connectivity index (χ1n) is 7.19. The Morgan fingerprint density at radius 1 is 1.05 bits per heavy atom. The first kappa shape index (κ1) is 16.1. The smallest absolute Gasteiger partial charge is 0.157 e. The highest BCUT2D eigenvalue weighted by molar-refractivity contribution is 5.11. The van der Waals surface area contributed by atoms with E-state index in [1.54, 1.807) is 0 Å². The highest BCUT2D eigenvalue weighted by atomic mass is 16.7. The summed E-state index contributed by atoms with van der Waals surface area (Å²) in [5.74, 6) is 11.9. The normalized spacial score (nSPS) is 18.1. The number of aliphatic hydroxyl groups is 1. The van der Waals surface area contributed by atoms with Crippen LogP contribution in [0.1, 0.15) is 51.4 Å². The quantitative estimate of drug-likeness (QED) is 0.591. The van der Waals surface area contributed by atoms with Crippen LogP contribution in [-0.2, 0) is 9.47 Å². The lowest BCUT2D eigenvalue weighted by atomic mass is 10.2. The molecule has 0 aromatic carbocycles. The molecule has 0 aromatic heterocycles. The molecule has 19 heavy (non-hydrogen) atoms. The monoisotopic (exact) mass is 264 g/mol. The predicted molar refractivity (Wildman–Crippen MR) is 75.3 cm³/mol. The second-order valence-corrected chi connectivity index (χ2v) is 4.48. The lowest BCUT2D eigenvalue weighted by Gasteiger charge is -2.22. The summed E-state index contributed by atoms with van der Waals surface area (Å²) in [6.45, 7) is 1.74. The first-order chi connectivity index (χ1) is 9.43. The molecule has 3 nitrogen and oxygen atoms in total. The number of hydrogen-bond donors (Lipinski definition) is 1. The van der Waals surface area contributed by atoms with Crippen LogP contribution in [-0.4, -0.2) is 31.2 Å².